The van der Waals surface area contributed by atoms with E-state index in [1.807, 2.05) is 25.1 Å². The summed E-state index contributed by atoms with van der Waals surface area (Å²) in [6.45, 7) is 6.06. The average molecular weight is 315 g/mol. The predicted octanol–water partition coefficient (Wildman–Crippen LogP) is 2.93. The molecular weight excluding hydrogens is 294 g/mol. The molecule has 3 rings (SSSR count). The van der Waals surface area contributed by atoms with E-state index in [1.54, 1.807) is 0 Å². The van der Waals surface area contributed by atoms with Crippen LogP contribution in [0, 0.1) is 6.92 Å². The second-order valence-corrected chi connectivity index (χ2v) is 7.16. The van der Waals surface area contributed by atoms with Crippen LogP contribution < -0.4 is 11.1 Å². The van der Waals surface area contributed by atoms with E-state index in [-0.39, 0.29) is 18.0 Å². The summed E-state index contributed by atoms with van der Waals surface area (Å²) >= 11 is 1.48. The Morgan fingerprint density at radius 3 is 2.77 bits per heavy atom. The molecule has 0 radical (unpaired) electrons. The second-order valence-electron chi connectivity index (χ2n) is 6.13. The van der Waals surface area contributed by atoms with Gasteiger partial charge in [0.1, 0.15) is 4.88 Å². The van der Waals surface area contributed by atoms with Crippen LogP contribution in [0.2, 0.25) is 0 Å². The van der Waals surface area contributed by atoms with Crippen LogP contribution in [0.1, 0.15) is 57.3 Å². The fourth-order valence-corrected chi connectivity index (χ4v) is 3.85. The maximum atomic E-state index is 12.6. The molecule has 116 valence electrons. The van der Waals surface area contributed by atoms with Gasteiger partial charge in [-0.3, -0.25) is 4.79 Å². The molecule has 3 N–H and O–H groups in total. The predicted molar refractivity (Wildman–Crippen MR) is 89.3 cm³/mol. The Hall–Kier alpha value is -1.72. The first-order valence-electron chi connectivity index (χ1n) is 7.59. The lowest BCUT2D eigenvalue weighted by atomic mass is 10.1. The first kappa shape index (κ1) is 15.2. The highest BCUT2D eigenvalue weighted by molar-refractivity contribution is 7.13. The number of carbonyl (C=O) groups is 1. The highest BCUT2D eigenvalue weighted by Crippen LogP contribution is 2.30. The summed E-state index contributed by atoms with van der Waals surface area (Å²) in [6, 6.07) is 7.94. The van der Waals surface area contributed by atoms with Gasteiger partial charge in [0.25, 0.3) is 5.91 Å². The molecule has 1 amide bonds. The SMILES string of the molecule is Cc1nc(C(C)C)sc1C(=O)NC1Cc2ccccc2C1N. The van der Waals surface area contributed by atoms with Crippen LogP contribution in [0.15, 0.2) is 24.3 Å². The Morgan fingerprint density at radius 1 is 1.41 bits per heavy atom. The number of nitrogens with zero attached hydrogens (tertiary/aromatic N) is 1. The van der Waals surface area contributed by atoms with Crippen LogP contribution in [-0.2, 0) is 6.42 Å². The minimum Gasteiger partial charge on any atom is -0.346 e. The molecule has 1 aliphatic rings. The van der Waals surface area contributed by atoms with E-state index >= 15 is 0 Å². The van der Waals surface area contributed by atoms with Crippen LogP contribution in [0.4, 0.5) is 0 Å². The van der Waals surface area contributed by atoms with Gasteiger partial charge in [-0.15, -0.1) is 11.3 Å². The molecule has 4 nitrogen and oxygen atoms in total. The summed E-state index contributed by atoms with van der Waals surface area (Å²) in [5, 5.41) is 4.09. The minimum atomic E-state index is -0.141. The lowest BCUT2D eigenvalue weighted by molar-refractivity contribution is 0.0936. The van der Waals surface area contributed by atoms with Gasteiger partial charge < -0.3 is 11.1 Å². The summed E-state index contributed by atoms with van der Waals surface area (Å²) in [5.74, 6) is 0.276. The van der Waals surface area contributed by atoms with Crippen LogP contribution in [-0.4, -0.2) is 16.9 Å². The van der Waals surface area contributed by atoms with Crippen molar-refractivity contribution in [1.82, 2.24) is 10.3 Å². The minimum absolute atomic E-state index is 0.0473. The molecule has 22 heavy (non-hydrogen) atoms. The Labute approximate surface area is 134 Å². The number of hydrogen-bond donors (Lipinski definition) is 2. The summed E-state index contributed by atoms with van der Waals surface area (Å²) in [6.07, 6.45) is 0.790. The third kappa shape index (κ3) is 2.66. The van der Waals surface area contributed by atoms with Crippen molar-refractivity contribution in [3.8, 4) is 0 Å². The molecule has 5 heteroatoms. The number of aryl methyl sites for hydroxylation is 1. The highest BCUT2D eigenvalue weighted by atomic mass is 32.1. The number of nitrogens with one attached hydrogen (secondary N) is 1. The number of fused-ring (bicyclic) bond motifs is 1. The molecule has 2 atom stereocenters. The normalized spacial score (nSPS) is 20.2. The van der Waals surface area contributed by atoms with Crippen molar-refractivity contribution in [1.29, 1.82) is 0 Å². The van der Waals surface area contributed by atoms with Gasteiger partial charge in [-0.05, 0) is 24.5 Å². The lowest BCUT2D eigenvalue weighted by Crippen LogP contribution is -2.40. The number of thiazole rings is 1. The fraction of sp³-hybridized carbons (Fsp3) is 0.412. The maximum absolute atomic E-state index is 12.6. The Balaban J connectivity index is 1.76. The van der Waals surface area contributed by atoms with E-state index in [9.17, 15) is 4.79 Å². The van der Waals surface area contributed by atoms with Crippen LogP contribution in [0.5, 0.6) is 0 Å². The van der Waals surface area contributed by atoms with Crippen molar-refractivity contribution in [3.05, 3.63) is 51.0 Å². The largest absolute Gasteiger partial charge is 0.346 e. The summed E-state index contributed by atoms with van der Waals surface area (Å²) in [4.78, 5) is 17.7. The molecule has 1 aliphatic carbocycles. The standard InChI is InChI=1S/C17H21N3OS/c1-9(2)17-19-10(3)15(22-17)16(21)20-13-8-11-6-4-5-7-12(11)14(13)18/h4-7,9,13-14H,8,18H2,1-3H3,(H,20,21). The van der Waals surface area contributed by atoms with E-state index in [1.165, 1.54) is 16.9 Å². The van der Waals surface area contributed by atoms with Crippen molar-refractivity contribution in [2.75, 3.05) is 0 Å². The zero-order valence-corrected chi connectivity index (χ0v) is 13.9. The summed E-state index contributed by atoms with van der Waals surface area (Å²) < 4.78 is 0. The van der Waals surface area contributed by atoms with Crippen molar-refractivity contribution in [3.63, 3.8) is 0 Å². The molecule has 2 aromatic rings. The van der Waals surface area contributed by atoms with Gasteiger partial charge in [0.15, 0.2) is 0 Å². The molecule has 0 bridgehead atoms. The molecule has 0 fully saturated rings. The van der Waals surface area contributed by atoms with Crippen molar-refractivity contribution in [2.24, 2.45) is 5.73 Å². The van der Waals surface area contributed by atoms with Crippen LogP contribution in [0.25, 0.3) is 0 Å². The van der Waals surface area contributed by atoms with E-state index < -0.39 is 0 Å². The zero-order chi connectivity index (χ0) is 15.9. The molecular formula is C17H21N3OS. The van der Waals surface area contributed by atoms with E-state index in [0.717, 1.165) is 22.7 Å². The monoisotopic (exact) mass is 315 g/mol. The van der Waals surface area contributed by atoms with Crippen LogP contribution in [0.3, 0.4) is 0 Å². The molecule has 1 aromatic carbocycles. The third-order valence-electron chi connectivity index (χ3n) is 4.12. The van der Waals surface area contributed by atoms with Gasteiger partial charge >= 0.3 is 0 Å². The molecule has 0 aliphatic heterocycles. The van der Waals surface area contributed by atoms with Gasteiger partial charge in [0, 0.05) is 5.92 Å². The van der Waals surface area contributed by atoms with E-state index in [4.69, 9.17) is 5.73 Å². The van der Waals surface area contributed by atoms with Gasteiger partial charge in [-0.2, -0.15) is 0 Å². The Kier molecular flexibility index (Phi) is 4.02. The highest BCUT2D eigenvalue weighted by Gasteiger charge is 2.31. The number of hydrogen-bond acceptors (Lipinski definition) is 4. The number of nitrogens with two attached hydrogens (primary N) is 1. The number of benzene rings is 1. The quantitative estimate of drug-likeness (QED) is 0.915. The summed E-state index contributed by atoms with van der Waals surface area (Å²) in [5.41, 5.74) is 9.44. The number of rotatable bonds is 3. The van der Waals surface area contributed by atoms with E-state index in [0.29, 0.717) is 10.8 Å². The molecule has 2 unspecified atom stereocenters. The van der Waals surface area contributed by atoms with Gasteiger partial charge in [0.05, 0.1) is 22.8 Å². The van der Waals surface area contributed by atoms with Gasteiger partial charge in [-0.1, -0.05) is 38.1 Å². The van der Waals surface area contributed by atoms with E-state index in [2.05, 4.69) is 30.2 Å². The Bertz CT molecular complexity index is 708. The average Bonchev–Trinajstić information content (AvgIpc) is 3.01. The smallest absolute Gasteiger partial charge is 0.263 e. The molecule has 0 saturated carbocycles. The summed E-state index contributed by atoms with van der Waals surface area (Å²) in [7, 11) is 0. The van der Waals surface area contributed by atoms with Crippen LogP contribution >= 0.6 is 11.3 Å². The third-order valence-corrected chi connectivity index (χ3v) is 5.57. The molecule has 0 saturated heterocycles. The zero-order valence-electron chi connectivity index (χ0n) is 13.1. The van der Waals surface area contributed by atoms with Gasteiger partial charge in [-0.25, -0.2) is 4.98 Å². The lowest BCUT2D eigenvalue weighted by Gasteiger charge is -2.17. The molecule has 0 spiro atoms. The number of amides is 1. The van der Waals surface area contributed by atoms with Gasteiger partial charge in [0.2, 0.25) is 0 Å². The maximum Gasteiger partial charge on any atom is 0.263 e. The molecule has 1 aromatic heterocycles. The number of carbonyl (C=O) groups excluding carboxylic acids is 1. The first-order valence-corrected chi connectivity index (χ1v) is 8.40. The molecule has 1 heterocycles. The fourth-order valence-electron chi connectivity index (χ4n) is 2.88. The second kappa shape index (κ2) is 5.82. The van der Waals surface area contributed by atoms with Crippen molar-refractivity contribution >= 4 is 17.2 Å². The van der Waals surface area contributed by atoms with Crippen molar-refractivity contribution in [2.45, 2.75) is 45.2 Å². The topological polar surface area (TPSA) is 68.0 Å². The number of aromatic nitrogens is 1. The first-order chi connectivity index (χ1) is 10.5. The Morgan fingerprint density at radius 2 is 2.14 bits per heavy atom. The van der Waals surface area contributed by atoms with Crippen molar-refractivity contribution < 1.29 is 4.79 Å².